The predicted molar refractivity (Wildman–Crippen MR) is 79.9 cm³/mol. The summed E-state index contributed by atoms with van der Waals surface area (Å²) in [4.78, 5) is 0. The fourth-order valence-corrected chi connectivity index (χ4v) is 2.52. The van der Waals surface area contributed by atoms with E-state index >= 15 is 0 Å². The van der Waals surface area contributed by atoms with Crippen LogP contribution in [0, 0.1) is 5.92 Å². The molecule has 2 rings (SSSR count). The zero-order valence-corrected chi connectivity index (χ0v) is 12.6. The van der Waals surface area contributed by atoms with E-state index < -0.39 is 0 Å². The van der Waals surface area contributed by atoms with E-state index in [-0.39, 0.29) is 6.29 Å². The second kappa shape index (κ2) is 8.28. The summed E-state index contributed by atoms with van der Waals surface area (Å²) in [6.45, 7) is 3.86. The Bertz CT molecular complexity index is 366. The van der Waals surface area contributed by atoms with Crippen molar-refractivity contribution in [3.63, 3.8) is 0 Å². The average molecular weight is 278 g/mol. The van der Waals surface area contributed by atoms with Crippen molar-refractivity contribution in [2.45, 2.75) is 45.3 Å². The third-order valence-electron chi connectivity index (χ3n) is 3.82. The zero-order chi connectivity index (χ0) is 14.2. The van der Waals surface area contributed by atoms with Crippen molar-refractivity contribution in [2.24, 2.45) is 5.92 Å². The van der Waals surface area contributed by atoms with Gasteiger partial charge in [0.25, 0.3) is 0 Å². The van der Waals surface area contributed by atoms with Gasteiger partial charge in [0.1, 0.15) is 5.75 Å². The van der Waals surface area contributed by atoms with E-state index in [1.54, 1.807) is 7.11 Å². The van der Waals surface area contributed by atoms with Crippen molar-refractivity contribution < 1.29 is 14.2 Å². The molecule has 0 saturated carbocycles. The van der Waals surface area contributed by atoms with Crippen LogP contribution < -0.4 is 4.74 Å². The molecule has 1 aromatic rings. The number of hydrogen-bond donors (Lipinski definition) is 0. The van der Waals surface area contributed by atoms with Gasteiger partial charge in [0.2, 0.25) is 0 Å². The van der Waals surface area contributed by atoms with E-state index in [0.29, 0.717) is 5.92 Å². The van der Waals surface area contributed by atoms with Gasteiger partial charge < -0.3 is 14.2 Å². The molecule has 1 fully saturated rings. The maximum Gasteiger partial charge on any atom is 0.183 e. The smallest absolute Gasteiger partial charge is 0.183 e. The second-order valence-corrected chi connectivity index (χ2v) is 5.49. The lowest BCUT2D eigenvalue weighted by molar-refractivity contribution is -0.206. The minimum Gasteiger partial charge on any atom is -0.497 e. The van der Waals surface area contributed by atoms with Crippen LogP contribution in [0.15, 0.2) is 24.3 Å². The summed E-state index contributed by atoms with van der Waals surface area (Å²) in [6, 6.07) is 7.90. The van der Waals surface area contributed by atoms with E-state index in [2.05, 4.69) is 6.92 Å². The van der Waals surface area contributed by atoms with Gasteiger partial charge in [-0.2, -0.15) is 0 Å². The monoisotopic (exact) mass is 278 g/mol. The molecule has 20 heavy (non-hydrogen) atoms. The van der Waals surface area contributed by atoms with E-state index in [1.807, 2.05) is 24.3 Å². The first-order chi connectivity index (χ1) is 9.83. The van der Waals surface area contributed by atoms with Gasteiger partial charge in [0.05, 0.1) is 20.3 Å². The maximum absolute atomic E-state index is 5.84. The molecule has 3 nitrogen and oxygen atoms in total. The predicted octanol–water partition coefficient (Wildman–Crippen LogP) is 4.33. The number of ether oxygens (including phenoxy) is 3. The Morgan fingerprint density at radius 2 is 1.75 bits per heavy atom. The van der Waals surface area contributed by atoms with Gasteiger partial charge in [-0.15, -0.1) is 0 Å². The van der Waals surface area contributed by atoms with E-state index in [0.717, 1.165) is 24.5 Å². The van der Waals surface area contributed by atoms with Crippen LogP contribution in [0.4, 0.5) is 0 Å². The highest BCUT2D eigenvalue weighted by Gasteiger charge is 2.23. The molecule has 1 saturated heterocycles. The number of methoxy groups -OCH3 is 1. The van der Waals surface area contributed by atoms with Crippen molar-refractivity contribution in [1.29, 1.82) is 0 Å². The first-order valence-corrected chi connectivity index (χ1v) is 7.70. The van der Waals surface area contributed by atoms with Gasteiger partial charge in [-0.05, 0) is 18.6 Å². The largest absolute Gasteiger partial charge is 0.497 e. The quantitative estimate of drug-likeness (QED) is 0.695. The summed E-state index contributed by atoms with van der Waals surface area (Å²) in [6.07, 6.45) is 6.25. The van der Waals surface area contributed by atoms with Gasteiger partial charge in [0, 0.05) is 11.5 Å². The molecule has 1 heterocycles. The van der Waals surface area contributed by atoms with E-state index in [4.69, 9.17) is 14.2 Å². The summed E-state index contributed by atoms with van der Waals surface area (Å²) in [5.41, 5.74) is 1.07. The van der Waals surface area contributed by atoms with Gasteiger partial charge in [0.15, 0.2) is 6.29 Å². The summed E-state index contributed by atoms with van der Waals surface area (Å²) in [5.74, 6) is 1.42. The van der Waals surface area contributed by atoms with Crippen LogP contribution >= 0.6 is 0 Å². The van der Waals surface area contributed by atoms with Gasteiger partial charge >= 0.3 is 0 Å². The van der Waals surface area contributed by atoms with Gasteiger partial charge in [-0.3, -0.25) is 0 Å². The molecule has 0 spiro atoms. The SMILES string of the molecule is CCCCCCC1COC(c2ccc(OC)cc2)OC1. The standard InChI is InChI=1S/C17H26O3/c1-3-4-5-6-7-14-12-19-17(20-13-14)15-8-10-16(18-2)11-9-15/h8-11,14,17H,3-7,12-13H2,1-2H3. The minimum absolute atomic E-state index is 0.215. The van der Waals surface area contributed by atoms with Crippen LogP contribution in [0.2, 0.25) is 0 Å². The molecule has 0 bridgehead atoms. The molecule has 112 valence electrons. The van der Waals surface area contributed by atoms with E-state index in [1.165, 1.54) is 32.1 Å². The van der Waals surface area contributed by atoms with Crippen LogP contribution in [0.1, 0.15) is 50.9 Å². The summed E-state index contributed by atoms with van der Waals surface area (Å²) in [7, 11) is 1.67. The molecule has 0 aromatic heterocycles. The summed E-state index contributed by atoms with van der Waals surface area (Å²) >= 11 is 0. The first kappa shape index (κ1) is 15.3. The minimum atomic E-state index is -0.215. The molecule has 0 unspecified atom stereocenters. The summed E-state index contributed by atoms with van der Waals surface area (Å²) < 4.78 is 16.8. The number of benzene rings is 1. The lowest BCUT2D eigenvalue weighted by atomic mass is 10.0. The van der Waals surface area contributed by atoms with Crippen LogP contribution in [0.25, 0.3) is 0 Å². The topological polar surface area (TPSA) is 27.7 Å². The lowest BCUT2D eigenvalue weighted by Crippen LogP contribution is -2.27. The molecular formula is C17H26O3. The first-order valence-electron chi connectivity index (χ1n) is 7.70. The Kier molecular flexibility index (Phi) is 6.34. The average Bonchev–Trinajstić information content (AvgIpc) is 2.52. The lowest BCUT2D eigenvalue weighted by Gasteiger charge is -2.29. The Balaban J connectivity index is 1.73. The van der Waals surface area contributed by atoms with Crippen molar-refractivity contribution >= 4 is 0 Å². The molecule has 3 heteroatoms. The maximum atomic E-state index is 5.84. The van der Waals surface area contributed by atoms with Crippen LogP contribution in [-0.4, -0.2) is 20.3 Å². The Labute approximate surface area is 122 Å². The normalized spacial score (nSPS) is 22.7. The molecule has 0 N–H and O–H groups in total. The van der Waals surface area contributed by atoms with Crippen LogP contribution in [0.5, 0.6) is 5.75 Å². The van der Waals surface area contributed by atoms with E-state index in [9.17, 15) is 0 Å². The Hall–Kier alpha value is -1.06. The van der Waals surface area contributed by atoms with Gasteiger partial charge in [-0.1, -0.05) is 44.7 Å². The fraction of sp³-hybridized carbons (Fsp3) is 0.647. The van der Waals surface area contributed by atoms with Crippen LogP contribution in [0.3, 0.4) is 0 Å². The number of rotatable bonds is 7. The van der Waals surface area contributed by atoms with Crippen molar-refractivity contribution in [2.75, 3.05) is 20.3 Å². The molecule has 0 aliphatic carbocycles. The van der Waals surface area contributed by atoms with Gasteiger partial charge in [-0.25, -0.2) is 0 Å². The highest BCUT2D eigenvalue weighted by atomic mass is 16.7. The molecule has 0 atom stereocenters. The third kappa shape index (κ3) is 4.50. The molecule has 1 aliphatic heterocycles. The second-order valence-electron chi connectivity index (χ2n) is 5.49. The third-order valence-corrected chi connectivity index (χ3v) is 3.82. The molecule has 0 radical (unpaired) electrons. The number of hydrogen-bond acceptors (Lipinski definition) is 3. The van der Waals surface area contributed by atoms with Crippen molar-refractivity contribution in [1.82, 2.24) is 0 Å². The number of unbranched alkanes of at least 4 members (excludes halogenated alkanes) is 3. The highest BCUT2D eigenvalue weighted by Crippen LogP contribution is 2.28. The molecular weight excluding hydrogens is 252 g/mol. The molecule has 0 amide bonds. The van der Waals surface area contributed by atoms with Crippen LogP contribution in [-0.2, 0) is 9.47 Å². The Morgan fingerprint density at radius 3 is 2.35 bits per heavy atom. The fourth-order valence-electron chi connectivity index (χ4n) is 2.52. The molecule has 1 aliphatic rings. The zero-order valence-electron chi connectivity index (χ0n) is 12.6. The van der Waals surface area contributed by atoms with Crippen molar-refractivity contribution in [3.05, 3.63) is 29.8 Å². The molecule has 1 aromatic carbocycles. The van der Waals surface area contributed by atoms with Crippen molar-refractivity contribution in [3.8, 4) is 5.75 Å². The Morgan fingerprint density at radius 1 is 1.05 bits per heavy atom. The summed E-state index contributed by atoms with van der Waals surface area (Å²) in [5, 5.41) is 0. The highest BCUT2D eigenvalue weighted by molar-refractivity contribution is 5.27.